The van der Waals surface area contributed by atoms with Gasteiger partial charge in [0.2, 0.25) is 5.89 Å². The number of oxazole rings is 1. The standard InChI is InChI=1S/C26H21NO3/c28-15-22-8-4-5-9-24(22)20-10-11-21-12-18(16-29-25(21)14-20)13-23-17-30-26(27-23)19-6-2-1-3-7-19/h1-11,14-15,17-18H,12-13,16H2. The SMILES string of the molecule is O=Cc1ccccc1-c1ccc2c(c1)OCC(Cc1coc(-c3ccccc3)n1)C2. The summed E-state index contributed by atoms with van der Waals surface area (Å²) in [5.41, 5.74) is 5.73. The first-order valence-electron chi connectivity index (χ1n) is 10.1. The molecular weight excluding hydrogens is 374 g/mol. The molecule has 4 aromatic rings. The maximum atomic E-state index is 11.4. The van der Waals surface area contributed by atoms with Crippen LogP contribution < -0.4 is 4.74 Å². The highest BCUT2D eigenvalue weighted by Crippen LogP contribution is 2.34. The third-order valence-electron chi connectivity index (χ3n) is 5.52. The average Bonchev–Trinajstić information content (AvgIpc) is 3.28. The highest BCUT2D eigenvalue weighted by atomic mass is 16.5. The van der Waals surface area contributed by atoms with Crippen molar-refractivity contribution < 1.29 is 13.9 Å². The Labute approximate surface area is 175 Å². The Morgan fingerprint density at radius 1 is 0.967 bits per heavy atom. The van der Waals surface area contributed by atoms with E-state index < -0.39 is 0 Å². The number of rotatable bonds is 5. The van der Waals surface area contributed by atoms with Crippen molar-refractivity contribution in [3.8, 4) is 28.3 Å². The van der Waals surface area contributed by atoms with Crippen molar-refractivity contribution in [1.82, 2.24) is 4.98 Å². The molecule has 1 aliphatic rings. The van der Waals surface area contributed by atoms with Crippen molar-refractivity contribution in [1.29, 1.82) is 0 Å². The molecule has 4 nitrogen and oxygen atoms in total. The van der Waals surface area contributed by atoms with Gasteiger partial charge < -0.3 is 9.15 Å². The number of benzene rings is 3. The first-order valence-corrected chi connectivity index (χ1v) is 10.1. The van der Waals surface area contributed by atoms with E-state index in [2.05, 4.69) is 17.1 Å². The van der Waals surface area contributed by atoms with E-state index >= 15 is 0 Å². The number of fused-ring (bicyclic) bond motifs is 1. The minimum atomic E-state index is 0.347. The second kappa shape index (κ2) is 7.99. The van der Waals surface area contributed by atoms with Crippen molar-refractivity contribution in [3.05, 3.63) is 95.9 Å². The van der Waals surface area contributed by atoms with Gasteiger partial charge in [0.25, 0.3) is 0 Å². The maximum Gasteiger partial charge on any atom is 0.226 e. The van der Waals surface area contributed by atoms with Crippen molar-refractivity contribution in [2.75, 3.05) is 6.61 Å². The van der Waals surface area contributed by atoms with Gasteiger partial charge in [-0.15, -0.1) is 0 Å². The lowest BCUT2D eigenvalue weighted by Gasteiger charge is -2.25. The van der Waals surface area contributed by atoms with E-state index in [0.717, 1.165) is 47.3 Å². The van der Waals surface area contributed by atoms with E-state index in [-0.39, 0.29) is 0 Å². The highest BCUT2D eigenvalue weighted by molar-refractivity contribution is 5.87. The Bertz CT molecular complexity index is 1180. The van der Waals surface area contributed by atoms with Gasteiger partial charge in [0, 0.05) is 17.0 Å². The van der Waals surface area contributed by atoms with Gasteiger partial charge in [-0.2, -0.15) is 0 Å². The van der Waals surface area contributed by atoms with Crippen LogP contribution >= 0.6 is 0 Å². The Kier molecular flexibility index (Phi) is 4.89. The summed E-state index contributed by atoms with van der Waals surface area (Å²) in [5, 5.41) is 0. The summed E-state index contributed by atoms with van der Waals surface area (Å²) in [4.78, 5) is 16.0. The molecule has 0 fully saturated rings. The number of aromatic nitrogens is 1. The Hall–Kier alpha value is -3.66. The molecule has 0 amide bonds. The van der Waals surface area contributed by atoms with E-state index in [9.17, 15) is 4.79 Å². The number of hydrogen-bond acceptors (Lipinski definition) is 4. The predicted octanol–water partition coefficient (Wildman–Crippen LogP) is 5.61. The number of carbonyl (C=O) groups is 1. The summed E-state index contributed by atoms with van der Waals surface area (Å²) in [7, 11) is 0. The van der Waals surface area contributed by atoms with E-state index in [1.165, 1.54) is 5.56 Å². The highest BCUT2D eigenvalue weighted by Gasteiger charge is 2.22. The molecule has 0 N–H and O–H groups in total. The van der Waals surface area contributed by atoms with E-state index in [4.69, 9.17) is 9.15 Å². The van der Waals surface area contributed by atoms with Gasteiger partial charge in [-0.3, -0.25) is 4.79 Å². The molecule has 30 heavy (non-hydrogen) atoms. The van der Waals surface area contributed by atoms with Gasteiger partial charge in [-0.1, -0.05) is 54.6 Å². The van der Waals surface area contributed by atoms with Gasteiger partial charge in [-0.25, -0.2) is 4.98 Å². The van der Waals surface area contributed by atoms with Crippen LogP contribution in [0.5, 0.6) is 5.75 Å². The van der Waals surface area contributed by atoms with E-state index in [1.54, 1.807) is 6.26 Å². The largest absolute Gasteiger partial charge is 0.493 e. The van der Waals surface area contributed by atoms with Crippen LogP contribution in [0.25, 0.3) is 22.6 Å². The number of ether oxygens (including phenoxy) is 1. The number of nitrogens with zero attached hydrogens (tertiary/aromatic N) is 1. The smallest absolute Gasteiger partial charge is 0.226 e. The van der Waals surface area contributed by atoms with Crippen LogP contribution in [0.1, 0.15) is 21.6 Å². The summed E-state index contributed by atoms with van der Waals surface area (Å²) in [5.74, 6) is 1.90. The Balaban J connectivity index is 1.31. The molecule has 0 saturated heterocycles. The molecule has 0 radical (unpaired) electrons. The van der Waals surface area contributed by atoms with Crippen molar-refractivity contribution in [3.63, 3.8) is 0 Å². The second-order valence-corrected chi connectivity index (χ2v) is 7.62. The summed E-state index contributed by atoms with van der Waals surface area (Å²) in [6.07, 6.45) is 4.38. The molecule has 0 spiro atoms. The number of hydrogen-bond donors (Lipinski definition) is 0. The number of aldehydes is 1. The van der Waals surface area contributed by atoms with Crippen molar-refractivity contribution in [2.45, 2.75) is 12.8 Å². The normalized spacial score (nSPS) is 15.3. The molecule has 2 heterocycles. The monoisotopic (exact) mass is 395 g/mol. The Morgan fingerprint density at radius 2 is 1.80 bits per heavy atom. The second-order valence-electron chi connectivity index (χ2n) is 7.62. The zero-order valence-corrected chi connectivity index (χ0v) is 16.5. The average molecular weight is 395 g/mol. The zero-order chi connectivity index (χ0) is 20.3. The predicted molar refractivity (Wildman–Crippen MR) is 116 cm³/mol. The lowest BCUT2D eigenvalue weighted by Crippen LogP contribution is -2.23. The van der Waals surface area contributed by atoms with Gasteiger partial charge in [0.15, 0.2) is 6.29 Å². The van der Waals surface area contributed by atoms with Crippen LogP contribution in [0.15, 0.2) is 83.5 Å². The molecule has 148 valence electrons. The van der Waals surface area contributed by atoms with Gasteiger partial charge >= 0.3 is 0 Å². The minimum Gasteiger partial charge on any atom is -0.493 e. The van der Waals surface area contributed by atoms with E-state index in [1.807, 2.05) is 60.7 Å². The molecule has 0 saturated carbocycles. The third kappa shape index (κ3) is 3.64. The maximum absolute atomic E-state index is 11.4. The van der Waals surface area contributed by atoms with E-state index in [0.29, 0.717) is 24.0 Å². The molecule has 0 aliphatic carbocycles. The van der Waals surface area contributed by atoms with Crippen LogP contribution in [-0.2, 0) is 12.8 Å². The minimum absolute atomic E-state index is 0.347. The fraction of sp³-hybridized carbons (Fsp3) is 0.154. The zero-order valence-electron chi connectivity index (χ0n) is 16.5. The summed E-state index contributed by atoms with van der Waals surface area (Å²) < 4.78 is 11.8. The van der Waals surface area contributed by atoms with Crippen molar-refractivity contribution in [2.24, 2.45) is 5.92 Å². The van der Waals surface area contributed by atoms with Crippen LogP contribution in [0.4, 0.5) is 0 Å². The van der Waals surface area contributed by atoms with Crippen LogP contribution in [0.2, 0.25) is 0 Å². The van der Waals surface area contributed by atoms with Crippen LogP contribution in [-0.4, -0.2) is 17.9 Å². The molecule has 5 rings (SSSR count). The molecule has 4 heteroatoms. The lowest BCUT2D eigenvalue weighted by molar-refractivity contribution is 0.112. The third-order valence-corrected chi connectivity index (χ3v) is 5.52. The molecule has 1 atom stereocenters. The first-order chi connectivity index (χ1) is 14.8. The van der Waals surface area contributed by atoms with Crippen LogP contribution in [0, 0.1) is 5.92 Å². The van der Waals surface area contributed by atoms with Gasteiger partial charge in [0.1, 0.15) is 12.0 Å². The fourth-order valence-electron chi connectivity index (χ4n) is 4.01. The number of carbonyl (C=O) groups excluding carboxylic acids is 1. The van der Waals surface area contributed by atoms with Gasteiger partial charge in [-0.05, 0) is 47.7 Å². The Morgan fingerprint density at radius 3 is 2.67 bits per heavy atom. The molecule has 0 bridgehead atoms. The van der Waals surface area contributed by atoms with Crippen molar-refractivity contribution >= 4 is 6.29 Å². The summed E-state index contributed by atoms with van der Waals surface area (Å²) in [6, 6.07) is 23.8. The molecule has 1 aliphatic heterocycles. The van der Waals surface area contributed by atoms with Gasteiger partial charge in [0.05, 0.1) is 12.3 Å². The molecule has 1 aromatic heterocycles. The quantitative estimate of drug-likeness (QED) is 0.412. The topological polar surface area (TPSA) is 52.3 Å². The summed E-state index contributed by atoms with van der Waals surface area (Å²) >= 11 is 0. The molecule has 1 unspecified atom stereocenters. The first kappa shape index (κ1) is 18.4. The fourth-order valence-corrected chi connectivity index (χ4v) is 4.01. The lowest BCUT2D eigenvalue weighted by atomic mass is 9.91. The van der Waals surface area contributed by atoms with Crippen LogP contribution in [0.3, 0.4) is 0 Å². The molecule has 3 aromatic carbocycles. The molecular formula is C26H21NO3. The summed E-state index contributed by atoms with van der Waals surface area (Å²) in [6.45, 7) is 0.638.